The predicted molar refractivity (Wildman–Crippen MR) is 81.2 cm³/mol. The third kappa shape index (κ3) is 2.40. The van der Waals surface area contributed by atoms with Gasteiger partial charge in [-0.3, -0.25) is 0 Å². The fourth-order valence-corrected chi connectivity index (χ4v) is 2.94. The Kier molecular flexibility index (Phi) is 3.55. The van der Waals surface area contributed by atoms with Gasteiger partial charge in [0.15, 0.2) is 0 Å². The summed E-state index contributed by atoms with van der Waals surface area (Å²) in [5, 5.41) is 17.7. The second kappa shape index (κ2) is 5.02. The molecule has 0 amide bonds. The molecule has 0 aliphatic carbocycles. The van der Waals surface area contributed by atoms with Crippen LogP contribution in [-0.4, -0.2) is 12.6 Å². The molecular formula is C17H19N3. The van der Waals surface area contributed by atoms with E-state index in [0.717, 1.165) is 12.0 Å². The van der Waals surface area contributed by atoms with E-state index in [1.165, 1.54) is 11.3 Å². The number of hydrogen-bond acceptors (Lipinski definition) is 3. The van der Waals surface area contributed by atoms with Gasteiger partial charge >= 0.3 is 0 Å². The van der Waals surface area contributed by atoms with Gasteiger partial charge in [0.2, 0.25) is 0 Å². The SMILES string of the molecule is C[C@H]1CC(C)(C)N(C)c2ccc(C=C(C#N)C#N)cc21. The summed E-state index contributed by atoms with van der Waals surface area (Å²) in [4.78, 5) is 2.31. The maximum atomic E-state index is 8.84. The number of rotatable bonds is 1. The van der Waals surface area contributed by atoms with Gasteiger partial charge < -0.3 is 4.90 Å². The average molecular weight is 265 g/mol. The zero-order valence-corrected chi connectivity index (χ0v) is 12.4. The Labute approximate surface area is 120 Å². The first-order valence-corrected chi connectivity index (χ1v) is 6.78. The van der Waals surface area contributed by atoms with Gasteiger partial charge in [-0.1, -0.05) is 13.0 Å². The summed E-state index contributed by atoms with van der Waals surface area (Å²) in [7, 11) is 2.12. The molecule has 1 aromatic rings. The number of nitrogens with zero attached hydrogens (tertiary/aromatic N) is 3. The van der Waals surface area contributed by atoms with Gasteiger partial charge in [0.05, 0.1) is 0 Å². The molecule has 1 aliphatic heterocycles. The summed E-state index contributed by atoms with van der Waals surface area (Å²) in [6, 6.07) is 9.96. The molecule has 0 fully saturated rings. The minimum Gasteiger partial charge on any atom is -0.369 e. The van der Waals surface area contributed by atoms with Gasteiger partial charge in [-0.15, -0.1) is 0 Å². The van der Waals surface area contributed by atoms with Crippen molar-refractivity contribution in [3.8, 4) is 12.1 Å². The topological polar surface area (TPSA) is 50.8 Å². The first kappa shape index (κ1) is 14.2. The lowest BCUT2D eigenvalue weighted by atomic mass is 9.80. The number of hydrogen-bond donors (Lipinski definition) is 0. The minimum absolute atomic E-state index is 0.141. The summed E-state index contributed by atoms with van der Waals surface area (Å²) in [5.41, 5.74) is 3.73. The summed E-state index contributed by atoms with van der Waals surface area (Å²) in [6.45, 7) is 6.74. The Balaban J connectivity index is 2.49. The largest absolute Gasteiger partial charge is 0.369 e. The Bertz CT molecular complexity index is 625. The Morgan fingerprint density at radius 1 is 1.35 bits per heavy atom. The van der Waals surface area contributed by atoms with E-state index < -0.39 is 0 Å². The maximum absolute atomic E-state index is 8.84. The van der Waals surface area contributed by atoms with E-state index in [1.54, 1.807) is 6.08 Å². The van der Waals surface area contributed by atoms with Gasteiger partial charge in [0.25, 0.3) is 0 Å². The molecule has 20 heavy (non-hydrogen) atoms. The molecule has 3 heteroatoms. The molecule has 0 bridgehead atoms. The Morgan fingerprint density at radius 3 is 2.60 bits per heavy atom. The highest BCUT2D eigenvalue weighted by atomic mass is 15.2. The van der Waals surface area contributed by atoms with Crippen molar-refractivity contribution in [1.82, 2.24) is 0 Å². The van der Waals surface area contributed by atoms with Crippen LogP contribution in [0.4, 0.5) is 5.69 Å². The van der Waals surface area contributed by atoms with Crippen molar-refractivity contribution in [3.63, 3.8) is 0 Å². The van der Waals surface area contributed by atoms with E-state index in [1.807, 2.05) is 18.2 Å². The molecule has 0 saturated carbocycles. The van der Waals surface area contributed by atoms with Crippen LogP contribution in [-0.2, 0) is 0 Å². The Morgan fingerprint density at radius 2 is 2.00 bits per heavy atom. The van der Waals surface area contributed by atoms with E-state index in [4.69, 9.17) is 10.5 Å². The number of allylic oxidation sites excluding steroid dienone is 1. The highest BCUT2D eigenvalue weighted by molar-refractivity contribution is 5.68. The summed E-state index contributed by atoms with van der Waals surface area (Å²) in [5.74, 6) is 0.470. The molecule has 0 saturated heterocycles. The fourth-order valence-electron chi connectivity index (χ4n) is 2.94. The number of nitriles is 2. The van der Waals surface area contributed by atoms with Crippen LogP contribution < -0.4 is 4.90 Å². The van der Waals surface area contributed by atoms with Gasteiger partial charge in [-0.2, -0.15) is 10.5 Å². The molecule has 0 unspecified atom stereocenters. The summed E-state index contributed by atoms with van der Waals surface area (Å²) >= 11 is 0. The van der Waals surface area contributed by atoms with Gasteiger partial charge in [0.1, 0.15) is 17.7 Å². The third-order valence-corrected chi connectivity index (χ3v) is 4.21. The van der Waals surface area contributed by atoms with Gasteiger partial charge in [-0.05, 0) is 55.5 Å². The standard InChI is InChI=1S/C17H19N3/c1-12-9-17(2,3)20(4)16-6-5-13(8-15(12)16)7-14(10-18)11-19/h5-8,12H,9H2,1-4H3/t12-/m0/s1. The van der Waals surface area contributed by atoms with Crippen molar-refractivity contribution in [2.75, 3.05) is 11.9 Å². The van der Waals surface area contributed by atoms with Crippen LogP contribution in [0.5, 0.6) is 0 Å². The molecule has 102 valence electrons. The normalized spacial score (nSPS) is 19.5. The van der Waals surface area contributed by atoms with Crippen LogP contribution in [0.15, 0.2) is 23.8 Å². The van der Waals surface area contributed by atoms with E-state index in [2.05, 4.69) is 44.9 Å². The predicted octanol–water partition coefficient (Wildman–Crippen LogP) is 3.84. The molecule has 0 N–H and O–H groups in total. The van der Waals surface area contributed by atoms with Crippen molar-refractivity contribution >= 4 is 11.8 Å². The first-order chi connectivity index (χ1) is 9.39. The zero-order valence-electron chi connectivity index (χ0n) is 12.4. The Hall–Kier alpha value is -2.26. The highest BCUT2D eigenvalue weighted by Crippen LogP contribution is 2.42. The van der Waals surface area contributed by atoms with E-state index >= 15 is 0 Å². The van der Waals surface area contributed by atoms with E-state index in [-0.39, 0.29) is 11.1 Å². The minimum atomic E-state index is 0.141. The monoisotopic (exact) mass is 265 g/mol. The lowest BCUT2D eigenvalue weighted by Gasteiger charge is -2.45. The van der Waals surface area contributed by atoms with E-state index in [0.29, 0.717) is 5.92 Å². The summed E-state index contributed by atoms with van der Waals surface area (Å²) < 4.78 is 0. The van der Waals surface area contributed by atoms with E-state index in [9.17, 15) is 0 Å². The number of benzene rings is 1. The molecular weight excluding hydrogens is 246 g/mol. The third-order valence-electron chi connectivity index (χ3n) is 4.21. The lowest BCUT2D eigenvalue weighted by Crippen LogP contribution is -2.45. The highest BCUT2D eigenvalue weighted by Gasteiger charge is 2.33. The first-order valence-electron chi connectivity index (χ1n) is 6.78. The van der Waals surface area contributed by atoms with Crippen LogP contribution in [0.1, 0.15) is 44.2 Å². The summed E-state index contributed by atoms with van der Waals surface area (Å²) in [6.07, 6.45) is 2.74. The molecule has 3 nitrogen and oxygen atoms in total. The molecule has 1 aromatic carbocycles. The molecule has 0 aromatic heterocycles. The van der Waals surface area contributed by atoms with Crippen LogP contribution in [0.3, 0.4) is 0 Å². The number of fused-ring (bicyclic) bond motifs is 1. The van der Waals surface area contributed by atoms with Crippen molar-refractivity contribution < 1.29 is 0 Å². The van der Waals surface area contributed by atoms with Crippen LogP contribution in [0.2, 0.25) is 0 Å². The van der Waals surface area contributed by atoms with Crippen LogP contribution >= 0.6 is 0 Å². The van der Waals surface area contributed by atoms with Crippen LogP contribution in [0, 0.1) is 22.7 Å². The molecule has 1 atom stereocenters. The molecule has 1 aliphatic rings. The van der Waals surface area contributed by atoms with Crippen LogP contribution in [0.25, 0.3) is 6.08 Å². The fraction of sp³-hybridized carbons (Fsp3) is 0.412. The lowest BCUT2D eigenvalue weighted by molar-refractivity contribution is 0.395. The average Bonchev–Trinajstić information content (AvgIpc) is 2.42. The zero-order chi connectivity index (χ0) is 14.9. The maximum Gasteiger partial charge on any atom is 0.130 e. The van der Waals surface area contributed by atoms with Gasteiger partial charge in [-0.25, -0.2) is 0 Å². The van der Waals surface area contributed by atoms with Crippen molar-refractivity contribution in [2.24, 2.45) is 0 Å². The second-order valence-electron chi connectivity index (χ2n) is 6.08. The number of anilines is 1. The second-order valence-corrected chi connectivity index (χ2v) is 6.08. The van der Waals surface area contributed by atoms with Gasteiger partial charge in [0, 0.05) is 18.3 Å². The molecule has 0 spiro atoms. The molecule has 0 radical (unpaired) electrons. The van der Waals surface area contributed by atoms with Crippen molar-refractivity contribution in [1.29, 1.82) is 10.5 Å². The smallest absolute Gasteiger partial charge is 0.130 e. The quantitative estimate of drug-likeness (QED) is 0.725. The van der Waals surface area contributed by atoms with Crippen molar-refractivity contribution in [2.45, 2.75) is 38.6 Å². The molecule has 2 rings (SSSR count). The van der Waals surface area contributed by atoms with Crippen molar-refractivity contribution in [3.05, 3.63) is 34.9 Å². The molecule has 1 heterocycles.